The third kappa shape index (κ3) is 4.54. The molecule has 0 saturated carbocycles. The molecule has 2 aromatic heterocycles. The summed E-state index contributed by atoms with van der Waals surface area (Å²) in [5.41, 5.74) is 2.99. The summed E-state index contributed by atoms with van der Waals surface area (Å²) in [4.78, 5) is 19.9. The predicted octanol–water partition coefficient (Wildman–Crippen LogP) is 5.73. The molecular formula is C24H24FN5O2. The standard InChI is InChI=1S/C24H24FN5O2/c1-14(2)16-5-7-19(25)20(11-16)28-24-29-21-12-17(6-8-22(21)30(24)4)32-18-9-10-26-23(13-18)27-15(3)31/h5-14H,1-4H3,(H,28,29)(H,26,27,31). The lowest BCUT2D eigenvalue weighted by atomic mass is 10.0. The number of amides is 1. The molecule has 8 heteroatoms. The number of nitrogens with one attached hydrogen (secondary N) is 2. The molecule has 4 rings (SSSR count). The largest absolute Gasteiger partial charge is 0.457 e. The van der Waals surface area contributed by atoms with Crippen molar-refractivity contribution in [2.24, 2.45) is 7.05 Å². The highest BCUT2D eigenvalue weighted by Crippen LogP contribution is 2.30. The molecule has 4 aromatic rings. The number of aromatic nitrogens is 3. The lowest BCUT2D eigenvalue weighted by Crippen LogP contribution is -2.07. The van der Waals surface area contributed by atoms with Crippen LogP contribution in [-0.2, 0) is 11.8 Å². The fourth-order valence-electron chi connectivity index (χ4n) is 3.33. The molecule has 7 nitrogen and oxygen atoms in total. The zero-order valence-corrected chi connectivity index (χ0v) is 18.3. The summed E-state index contributed by atoms with van der Waals surface area (Å²) < 4.78 is 22.2. The lowest BCUT2D eigenvalue weighted by Gasteiger charge is -2.11. The number of carbonyl (C=O) groups is 1. The van der Waals surface area contributed by atoms with Crippen LogP contribution in [0.4, 0.5) is 21.8 Å². The zero-order chi connectivity index (χ0) is 22.8. The smallest absolute Gasteiger partial charge is 0.222 e. The number of anilines is 3. The van der Waals surface area contributed by atoms with Gasteiger partial charge in [0.15, 0.2) is 0 Å². The third-order valence-electron chi connectivity index (χ3n) is 5.03. The summed E-state index contributed by atoms with van der Waals surface area (Å²) in [6.45, 7) is 5.55. The fraction of sp³-hybridized carbons (Fsp3) is 0.208. The molecule has 0 saturated heterocycles. The summed E-state index contributed by atoms with van der Waals surface area (Å²) in [7, 11) is 1.87. The van der Waals surface area contributed by atoms with E-state index >= 15 is 0 Å². The Morgan fingerprint density at radius 2 is 1.88 bits per heavy atom. The topological polar surface area (TPSA) is 81.1 Å². The quantitative estimate of drug-likeness (QED) is 0.406. The van der Waals surface area contributed by atoms with Gasteiger partial charge in [0.25, 0.3) is 0 Å². The number of ether oxygens (including phenoxy) is 1. The monoisotopic (exact) mass is 433 g/mol. The molecule has 2 N–H and O–H groups in total. The van der Waals surface area contributed by atoms with Gasteiger partial charge in [0.05, 0.1) is 16.7 Å². The van der Waals surface area contributed by atoms with E-state index < -0.39 is 0 Å². The molecule has 0 aliphatic carbocycles. The van der Waals surface area contributed by atoms with Crippen molar-refractivity contribution in [1.82, 2.24) is 14.5 Å². The predicted molar refractivity (Wildman–Crippen MR) is 123 cm³/mol. The Labute approximate surface area is 185 Å². The minimum absolute atomic E-state index is 0.208. The van der Waals surface area contributed by atoms with Crippen LogP contribution < -0.4 is 15.4 Å². The molecule has 2 heterocycles. The van der Waals surface area contributed by atoms with Gasteiger partial charge in [-0.3, -0.25) is 4.79 Å². The van der Waals surface area contributed by atoms with E-state index in [2.05, 4.69) is 34.4 Å². The highest BCUT2D eigenvalue weighted by molar-refractivity contribution is 5.87. The van der Waals surface area contributed by atoms with Crippen molar-refractivity contribution in [2.45, 2.75) is 26.7 Å². The fourth-order valence-corrected chi connectivity index (χ4v) is 3.33. The van der Waals surface area contributed by atoms with Crippen LogP contribution in [0, 0.1) is 5.82 Å². The second-order valence-corrected chi connectivity index (χ2v) is 7.82. The van der Waals surface area contributed by atoms with Crippen LogP contribution >= 0.6 is 0 Å². The number of benzene rings is 2. The van der Waals surface area contributed by atoms with E-state index in [1.165, 1.54) is 13.0 Å². The number of pyridine rings is 1. The molecule has 0 bridgehead atoms. The molecule has 164 valence electrons. The van der Waals surface area contributed by atoms with E-state index in [1.54, 1.807) is 30.5 Å². The first-order chi connectivity index (χ1) is 15.3. The van der Waals surface area contributed by atoms with Crippen LogP contribution in [0.15, 0.2) is 54.7 Å². The van der Waals surface area contributed by atoms with E-state index in [4.69, 9.17) is 4.74 Å². The number of halogens is 1. The van der Waals surface area contributed by atoms with Gasteiger partial charge < -0.3 is 19.9 Å². The van der Waals surface area contributed by atoms with Crippen molar-refractivity contribution in [3.8, 4) is 11.5 Å². The Morgan fingerprint density at radius 1 is 1.09 bits per heavy atom. The first-order valence-electron chi connectivity index (χ1n) is 10.2. The lowest BCUT2D eigenvalue weighted by molar-refractivity contribution is -0.114. The van der Waals surface area contributed by atoms with Gasteiger partial charge >= 0.3 is 0 Å². The maximum atomic E-state index is 14.4. The Bertz CT molecular complexity index is 1300. The number of nitrogens with zero attached hydrogens (tertiary/aromatic N) is 3. The van der Waals surface area contributed by atoms with Gasteiger partial charge in [0.2, 0.25) is 11.9 Å². The highest BCUT2D eigenvalue weighted by Gasteiger charge is 2.13. The maximum Gasteiger partial charge on any atom is 0.222 e. The second kappa shape index (κ2) is 8.66. The zero-order valence-electron chi connectivity index (χ0n) is 18.3. The molecule has 0 aliphatic rings. The Hall–Kier alpha value is -3.94. The van der Waals surface area contributed by atoms with Crippen LogP contribution in [0.1, 0.15) is 32.3 Å². The molecule has 0 spiro atoms. The summed E-state index contributed by atoms with van der Waals surface area (Å²) in [5, 5.41) is 5.73. The van der Waals surface area contributed by atoms with Gasteiger partial charge in [-0.15, -0.1) is 0 Å². The van der Waals surface area contributed by atoms with E-state index in [1.807, 2.05) is 29.8 Å². The molecule has 0 aliphatic heterocycles. The average Bonchev–Trinajstić information content (AvgIpc) is 3.04. The van der Waals surface area contributed by atoms with Crippen LogP contribution in [0.5, 0.6) is 11.5 Å². The van der Waals surface area contributed by atoms with E-state index in [9.17, 15) is 9.18 Å². The van der Waals surface area contributed by atoms with Gasteiger partial charge in [-0.2, -0.15) is 0 Å². The normalized spacial score (nSPS) is 11.1. The number of hydrogen-bond donors (Lipinski definition) is 2. The minimum atomic E-state index is -0.335. The van der Waals surface area contributed by atoms with E-state index in [0.29, 0.717) is 34.5 Å². The number of carbonyl (C=O) groups excluding carboxylic acids is 1. The average molecular weight is 433 g/mol. The first kappa shape index (κ1) is 21.3. The number of imidazole rings is 1. The van der Waals surface area contributed by atoms with Gasteiger partial charge in [-0.05, 0) is 41.8 Å². The molecular weight excluding hydrogens is 409 g/mol. The van der Waals surface area contributed by atoms with E-state index in [-0.39, 0.29) is 17.6 Å². The third-order valence-corrected chi connectivity index (χ3v) is 5.03. The first-order valence-corrected chi connectivity index (χ1v) is 10.2. The number of hydrogen-bond acceptors (Lipinski definition) is 5. The van der Waals surface area contributed by atoms with Crippen LogP contribution in [0.2, 0.25) is 0 Å². The highest BCUT2D eigenvalue weighted by atomic mass is 19.1. The summed E-state index contributed by atoms with van der Waals surface area (Å²) in [6.07, 6.45) is 1.56. The van der Waals surface area contributed by atoms with Gasteiger partial charge in [-0.25, -0.2) is 14.4 Å². The summed E-state index contributed by atoms with van der Waals surface area (Å²) in [5.74, 6) is 1.79. The molecule has 0 fully saturated rings. The number of rotatable bonds is 6. The number of fused-ring (bicyclic) bond motifs is 1. The van der Waals surface area contributed by atoms with Crippen molar-refractivity contribution in [3.63, 3.8) is 0 Å². The molecule has 0 radical (unpaired) electrons. The Morgan fingerprint density at radius 3 is 2.62 bits per heavy atom. The minimum Gasteiger partial charge on any atom is -0.457 e. The van der Waals surface area contributed by atoms with Gasteiger partial charge in [0, 0.05) is 32.3 Å². The SMILES string of the molecule is CC(=O)Nc1cc(Oc2ccc3c(c2)nc(Nc2cc(C(C)C)ccc2F)n3C)ccn1. The van der Waals surface area contributed by atoms with Gasteiger partial charge in [0.1, 0.15) is 23.1 Å². The molecule has 32 heavy (non-hydrogen) atoms. The summed E-state index contributed by atoms with van der Waals surface area (Å²) >= 11 is 0. The second-order valence-electron chi connectivity index (χ2n) is 7.82. The molecule has 0 unspecified atom stereocenters. The van der Waals surface area contributed by atoms with Crippen molar-refractivity contribution >= 4 is 34.4 Å². The van der Waals surface area contributed by atoms with Gasteiger partial charge in [-0.1, -0.05) is 19.9 Å². The van der Waals surface area contributed by atoms with E-state index in [0.717, 1.165) is 11.1 Å². The molecule has 1 amide bonds. The molecule has 0 atom stereocenters. The van der Waals surface area contributed by atoms with Crippen molar-refractivity contribution in [3.05, 3.63) is 66.1 Å². The Kier molecular flexibility index (Phi) is 5.77. The van der Waals surface area contributed by atoms with Crippen LogP contribution in [-0.4, -0.2) is 20.4 Å². The Balaban J connectivity index is 1.60. The van der Waals surface area contributed by atoms with Crippen molar-refractivity contribution in [2.75, 3.05) is 10.6 Å². The maximum absolute atomic E-state index is 14.4. The number of aryl methyl sites for hydroxylation is 1. The van der Waals surface area contributed by atoms with Crippen LogP contribution in [0.25, 0.3) is 11.0 Å². The van der Waals surface area contributed by atoms with Crippen LogP contribution in [0.3, 0.4) is 0 Å². The molecule has 2 aromatic carbocycles. The summed E-state index contributed by atoms with van der Waals surface area (Å²) in [6, 6.07) is 13.9. The van der Waals surface area contributed by atoms with Crippen molar-refractivity contribution in [1.29, 1.82) is 0 Å². The van der Waals surface area contributed by atoms with Crippen molar-refractivity contribution < 1.29 is 13.9 Å².